The normalized spacial score (nSPS) is 18.8. The summed E-state index contributed by atoms with van der Waals surface area (Å²) in [6, 6.07) is 16.6. The quantitative estimate of drug-likeness (QED) is 0.321. The SMILES string of the molecule is Cc1ccc(C)cc1.O=CC1C=CC=CC=C1C(NCc1ccc(Br)cc1)OCC1(CO)CC1. The number of aliphatic hydroxyl groups excluding tert-OH is 1. The van der Waals surface area contributed by atoms with Crippen molar-refractivity contribution in [3.05, 3.63) is 106 Å². The summed E-state index contributed by atoms with van der Waals surface area (Å²) in [5.41, 5.74) is 4.57. The van der Waals surface area contributed by atoms with Crippen LogP contribution in [0.4, 0.5) is 0 Å². The summed E-state index contributed by atoms with van der Waals surface area (Å²) in [4.78, 5) is 11.6. The van der Waals surface area contributed by atoms with Gasteiger partial charge < -0.3 is 14.6 Å². The molecule has 0 spiro atoms. The molecule has 2 N–H and O–H groups in total. The van der Waals surface area contributed by atoms with Crippen LogP contribution in [0.2, 0.25) is 0 Å². The zero-order chi connectivity index (χ0) is 24.4. The van der Waals surface area contributed by atoms with Gasteiger partial charge in [0.2, 0.25) is 0 Å². The van der Waals surface area contributed by atoms with E-state index in [1.165, 1.54) is 11.1 Å². The minimum atomic E-state index is -0.384. The van der Waals surface area contributed by atoms with Crippen LogP contribution in [0.1, 0.15) is 29.5 Å². The van der Waals surface area contributed by atoms with Gasteiger partial charge in [0.15, 0.2) is 0 Å². The number of carbonyl (C=O) groups excluding carboxylic acids is 1. The molecule has 0 heterocycles. The van der Waals surface area contributed by atoms with Crippen LogP contribution in [0.3, 0.4) is 0 Å². The second-order valence-electron chi connectivity index (χ2n) is 9.11. The van der Waals surface area contributed by atoms with Gasteiger partial charge in [-0.05, 0) is 50.0 Å². The summed E-state index contributed by atoms with van der Waals surface area (Å²) >= 11 is 3.44. The number of carbonyl (C=O) groups is 1. The van der Waals surface area contributed by atoms with E-state index in [2.05, 4.69) is 59.4 Å². The van der Waals surface area contributed by atoms with Gasteiger partial charge in [-0.25, -0.2) is 0 Å². The number of allylic oxidation sites excluding steroid dienone is 5. The lowest BCUT2D eigenvalue weighted by Crippen LogP contribution is -2.37. The smallest absolute Gasteiger partial charge is 0.131 e. The van der Waals surface area contributed by atoms with E-state index in [0.717, 1.165) is 34.7 Å². The molecule has 2 aliphatic carbocycles. The lowest BCUT2D eigenvalue weighted by molar-refractivity contribution is -0.109. The molecule has 34 heavy (non-hydrogen) atoms. The molecule has 180 valence electrons. The molecule has 2 aliphatic rings. The zero-order valence-corrected chi connectivity index (χ0v) is 21.5. The third-order valence-electron chi connectivity index (χ3n) is 6.14. The Hall–Kier alpha value is -2.31. The third-order valence-corrected chi connectivity index (χ3v) is 6.66. The van der Waals surface area contributed by atoms with Crippen LogP contribution in [0, 0.1) is 25.2 Å². The van der Waals surface area contributed by atoms with E-state index in [1.807, 2.05) is 54.6 Å². The fourth-order valence-electron chi connectivity index (χ4n) is 3.53. The number of halogens is 1. The first-order chi connectivity index (χ1) is 16.4. The highest BCUT2D eigenvalue weighted by atomic mass is 79.9. The van der Waals surface area contributed by atoms with Crippen LogP contribution < -0.4 is 5.32 Å². The van der Waals surface area contributed by atoms with Gasteiger partial charge in [-0.2, -0.15) is 0 Å². The van der Waals surface area contributed by atoms with Crippen molar-refractivity contribution in [3.63, 3.8) is 0 Å². The van der Waals surface area contributed by atoms with Gasteiger partial charge >= 0.3 is 0 Å². The molecule has 2 aromatic rings. The average Bonchev–Trinajstić information content (AvgIpc) is 3.66. The largest absolute Gasteiger partial charge is 0.396 e. The Balaban J connectivity index is 0.000000343. The minimum Gasteiger partial charge on any atom is -0.396 e. The molecule has 2 atom stereocenters. The first-order valence-electron chi connectivity index (χ1n) is 11.7. The number of aryl methyl sites for hydroxylation is 2. The van der Waals surface area contributed by atoms with E-state index in [-0.39, 0.29) is 24.2 Å². The molecule has 1 saturated carbocycles. The Kier molecular flexibility index (Phi) is 10.0. The van der Waals surface area contributed by atoms with Crippen molar-refractivity contribution in [1.29, 1.82) is 0 Å². The molecule has 4 nitrogen and oxygen atoms in total. The van der Waals surface area contributed by atoms with Crippen molar-refractivity contribution in [2.24, 2.45) is 11.3 Å². The molecule has 1 fully saturated rings. The van der Waals surface area contributed by atoms with Crippen molar-refractivity contribution in [2.75, 3.05) is 13.2 Å². The maximum absolute atomic E-state index is 11.6. The number of rotatable bonds is 9. The lowest BCUT2D eigenvalue weighted by Gasteiger charge is -2.26. The first-order valence-corrected chi connectivity index (χ1v) is 12.5. The lowest BCUT2D eigenvalue weighted by atomic mass is 9.98. The number of hydrogen-bond donors (Lipinski definition) is 2. The minimum absolute atomic E-state index is 0.106. The summed E-state index contributed by atoms with van der Waals surface area (Å²) in [7, 11) is 0. The van der Waals surface area contributed by atoms with Gasteiger partial charge in [0.1, 0.15) is 12.5 Å². The van der Waals surface area contributed by atoms with Crippen LogP contribution in [0.5, 0.6) is 0 Å². The monoisotopic (exact) mass is 523 g/mol. The van der Waals surface area contributed by atoms with Gasteiger partial charge in [0, 0.05) is 16.4 Å². The first kappa shape index (κ1) is 26.3. The van der Waals surface area contributed by atoms with Gasteiger partial charge in [0.05, 0.1) is 19.1 Å². The van der Waals surface area contributed by atoms with Crippen LogP contribution in [-0.4, -0.2) is 30.8 Å². The highest BCUT2D eigenvalue weighted by Crippen LogP contribution is 2.45. The van der Waals surface area contributed by atoms with Gasteiger partial charge in [0.25, 0.3) is 0 Å². The number of aliphatic hydroxyl groups is 1. The third kappa shape index (κ3) is 8.17. The Labute approximate surface area is 211 Å². The van der Waals surface area contributed by atoms with E-state index in [1.54, 1.807) is 0 Å². The van der Waals surface area contributed by atoms with E-state index in [9.17, 15) is 9.90 Å². The molecule has 0 saturated heterocycles. The highest BCUT2D eigenvalue weighted by molar-refractivity contribution is 9.10. The molecule has 0 amide bonds. The summed E-state index contributed by atoms with van der Waals surface area (Å²) < 4.78 is 7.20. The van der Waals surface area contributed by atoms with E-state index >= 15 is 0 Å². The second-order valence-corrected chi connectivity index (χ2v) is 10.0. The summed E-state index contributed by atoms with van der Waals surface area (Å²) in [6.07, 6.45) is 12.0. The number of ether oxygens (including phenoxy) is 1. The highest BCUT2D eigenvalue weighted by Gasteiger charge is 2.43. The molecule has 0 bridgehead atoms. The van der Waals surface area contributed by atoms with Crippen LogP contribution in [0.15, 0.2) is 89.0 Å². The Morgan fingerprint density at radius 1 is 1.06 bits per heavy atom. The maximum Gasteiger partial charge on any atom is 0.131 e. The van der Waals surface area contributed by atoms with Gasteiger partial charge in [-0.15, -0.1) is 0 Å². The molecule has 2 aromatic carbocycles. The topological polar surface area (TPSA) is 58.6 Å². The zero-order valence-electron chi connectivity index (χ0n) is 19.9. The number of benzene rings is 2. The van der Waals surface area contributed by atoms with Crippen molar-refractivity contribution in [3.8, 4) is 0 Å². The summed E-state index contributed by atoms with van der Waals surface area (Å²) in [5.74, 6) is -0.323. The average molecular weight is 524 g/mol. The standard InChI is InChI=1S/C21H24BrNO3.C8H10/c22-18-8-6-16(7-9-18)12-23-20(26-15-21(14-25)10-11-21)19-5-3-1-2-4-17(19)13-24;1-7-3-5-8(2)6-4-7/h1-9,13,17,20,23,25H,10-12,14-15H2;3-6H,1-2H3. The molecule has 0 aliphatic heterocycles. The number of nitrogens with one attached hydrogen (secondary N) is 1. The predicted molar refractivity (Wildman–Crippen MR) is 141 cm³/mol. The van der Waals surface area contributed by atoms with E-state index < -0.39 is 0 Å². The van der Waals surface area contributed by atoms with Crippen LogP contribution in [-0.2, 0) is 16.1 Å². The van der Waals surface area contributed by atoms with E-state index in [4.69, 9.17) is 4.74 Å². The van der Waals surface area contributed by atoms with Crippen molar-refractivity contribution in [2.45, 2.75) is 39.5 Å². The van der Waals surface area contributed by atoms with Crippen LogP contribution >= 0.6 is 15.9 Å². The fraction of sp³-hybridized carbons (Fsp3) is 0.345. The Morgan fingerprint density at radius 3 is 2.26 bits per heavy atom. The molecular formula is C29H34BrNO3. The molecule has 5 heteroatoms. The van der Waals surface area contributed by atoms with E-state index in [0.29, 0.717) is 13.2 Å². The predicted octanol–water partition coefficient (Wildman–Crippen LogP) is 5.82. The number of hydrogen-bond acceptors (Lipinski definition) is 4. The van der Waals surface area contributed by atoms with Crippen molar-refractivity contribution >= 4 is 22.2 Å². The van der Waals surface area contributed by atoms with Crippen molar-refractivity contribution < 1.29 is 14.6 Å². The summed E-state index contributed by atoms with van der Waals surface area (Å²) in [5, 5.41) is 13.0. The molecule has 0 aromatic heterocycles. The number of aldehydes is 1. The second kappa shape index (κ2) is 13.0. The molecule has 2 unspecified atom stereocenters. The maximum atomic E-state index is 11.6. The Bertz CT molecular complexity index is 984. The van der Waals surface area contributed by atoms with Gasteiger partial charge in [-0.3, -0.25) is 5.32 Å². The van der Waals surface area contributed by atoms with Crippen molar-refractivity contribution in [1.82, 2.24) is 5.32 Å². The molecule has 4 rings (SSSR count). The molecule has 0 radical (unpaired) electrons. The Morgan fingerprint density at radius 2 is 1.71 bits per heavy atom. The van der Waals surface area contributed by atoms with Crippen LogP contribution in [0.25, 0.3) is 0 Å². The summed E-state index contributed by atoms with van der Waals surface area (Å²) in [6.45, 7) is 5.44. The van der Waals surface area contributed by atoms with Gasteiger partial charge in [-0.1, -0.05) is 93.8 Å². The fourth-order valence-corrected chi connectivity index (χ4v) is 3.80. The molecular weight excluding hydrogens is 490 g/mol.